The Hall–Kier alpha value is -2.79. The van der Waals surface area contributed by atoms with Gasteiger partial charge in [0.05, 0.1) is 17.3 Å². The number of ether oxygens (including phenoxy) is 4. The summed E-state index contributed by atoms with van der Waals surface area (Å²) in [6, 6.07) is 8.89. The van der Waals surface area contributed by atoms with E-state index in [0.717, 1.165) is 12.8 Å². The first-order valence-corrected chi connectivity index (χ1v) is 18.7. The molecule has 0 spiro atoms. The summed E-state index contributed by atoms with van der Waals surface area (Å²) < 4.78 is 24.8. The largest absolute Gasteiger partial charge is 0.462 e. The van der Waals surface area contributed by atoms with Crippen LogP contribution in [0.1, 0.15) is 111 Å². The van der Waals surface area contributed by atoms with Crippen molar-refractivity contribution >= 4 is 17.9 Å². The van der Waals surface area contributed by atoms with Crippen LogP contribution in [0.2, 0.25) is 0 Å². The summed E-state index contributed by atoms with van der Waals surface area (Å²) in [6.45, 7) is 16.9. The number of benzene rings is 1. The lowest BCUT2D eigenvalue weighted by molar-refractivity contribution is -0.259. The molecule has 13 unspecified atom stereocenters. The fourth-order valence-electron chi connectivity index (χ4n) is 12.0. The molecule has 10 nitrogen and oxygen atoms in total. The van der Waals surface area contributed by atoms with Gasteiger partial charge in [0.25, 0.3) is 0 Å². The highest BCUT2D eigenvalue weighted by atomic mass is 16.6. The second-order valence-electron chi connectivity index (χ2n) is 18.0. The van der Waals surface area contributed by atoms with E-state index in [1.807, 2.05) is 6.07 Å². The summed E-state index contributed by atoms with van der Waals surface area (Å²) in [7, 11) is 0. The molecule has 5 aliphatic rings. The van der Waals surface area contributed by atoms with Crippen molar-refractivity contribution in [3.8, 4) is 0 Å². The van der Waals surface area contributed by atoms with E-state index in [0.29, 0.717) is 31.2 Å². The molecule has 6 rings (SSSR count). The van der Waals surface area contributed by atoms with Crippen molar-refractivity contribution in [1.82, 2.24) is 0 Å². The van der Waals surface area contributed by atoms with E-state index in [9.17, 15) is 29.7 Å². The van der Waals surface area contributed by atoms with E-state index in [4.69, 9.17) is 18.9 Å². The number of aliphatic hydroxyl groups excluding tert-OH is 2. The van der Waals surface area contributed by atoms with Crippen LogP contribution in [-0.2, 0) is 28.5 Å². The molecular weight excluding hydrogens is 652 g/mol. The number of aliphatic hydroxyl groups is 3. The topological polar surface area (TPSA) is 149 Å². The quantitative estimate of drug-likeness (QED) is 0.181. The van der Waals surface area contributed by atoms with Gasteiger partial charge in [-0.2, -0.15) is 0 Å². The van der Waals surface area contributed by atoms with Gasteiger partial charge in [0.15, 0.2) is 6.29 Å². The molecule has 51 heavy (non-hydrogen) atoms. The van der Waals surface area contributed by atoms with Crippen molar-refractivity contribution in [2.75, 3.05) is 0 Å². The van der Waals surface area contributed by atoms with Crippen molar-refractivity contribution in [2.45, 2.75) is 143 Å². The highest BCUT2D eigenvalue weighted by Crippen LogP contribution is 2.74. The fraction of sp³-hybridized carbons (Fsp3) is 0.732. The van der Waals surface area contributed by atoms with Crippen LogP contribution in [-0.4, -0.2) is 75.6 Å². The second kappa shape index (κ2) is 13.0. The van der Waals surface area contributed by atoms with Crippen LogP contribution in [0, 0.1) is 45.3 Å². The molecule has 1 aromatic carbocycles. The molecule has 1 heterocycles. The minimum atomic E-state index is -1.38. The number of hydrogen-bond acceptors (Lipinski definition) is 10. The molecule has 4 aliphatic carbocycles. The highest BCUT2D eigenvalue weighted by molar-refractivity contribution is 5.89. The smallest absolute Gasteiger partial charge is 0.338 e. The molecule has 4 fully saturated rings. The second-order valence-corrected chi connectivity index (χ2v) is 18.0. The zero-order chi connectivity index (χ0) is 37.5. The molecule has 3 saturated carbocycles. The Labute approximate surface area is 302 Å². The lowest BCUT2D eigenvalue weighted by Crippen LogP contribution is -2.70. The number of esters is 3. The van der Waals surface area contributed by atoms with E-state index >= 15 is 0 Å². The van der Waals surface area contributed by atoms with Gasteiger partial charge < -0.3 is 34.3 Å². The Kier molecular flexibility index (Phi) is 9.64. The molecule has 282 valence electrons. The summed E-state index contributed by atoms with van der Waals surface area (Å²) in [4.78, 5) is 39.1. The van der Waals surface area contributed by atoms with Gasteiger partial charge in [-0.25, -0.2) is 4.79 Å². The molecule has 1 aliphatic heterocycles. The lowest BCUT2D eigenvalue weighted by Gasteiger charge is -2.70. The highest BCUT2D eigenvalue weighted by Gasteiger charge is 2.73. The van der Waals surface area contributed by atoms with Crippen LogP contribution in [0.15, 0.2) is 42.0 Å². The number of carbonyl (C=O) groups is 3. The SMILES string of the molecule is CC(=O)OC1CC2C(C)(C)C(OC(=O)c3ccccc3)CC(OC(C)=O)C2(C)C2CCC3(C)C(=CCC3C3CC(C(O)C(C)(C)O)OC3O)C12C. The van der Waals surface area contributed by atoms with Gasteiger partial charge in [-0.1, -0.05) is 64.5 Å². The molecule has 13 atom stereocenters. The lowest BCUT2D eigenvalue weighted by atomic mass is 9.36. The van der Waals surface area contributed by atoms with Crippen molar-refractivity contribution in [3.63, 3.8) is 0 Å². The van der Waals surface area contributed by atoms with Crippen molar-refractivity contribution < 1.29 is 48.7 Å². The third-order valence-electron chi connectivity index (χ3n) is 14.4. The normalized spacial score (nSPS) is 42.0. The molecule has 10 heteroatoms. The first-order chi connectivity index (χ1) is 23.7. The fourth-order valence-corrected chi connectivity index (χ4v) is 12.0. The van der Waals surface area contributed by atoms with E-state index < -0.39 is 70.6 Å². The van der Waals surface area contributed by atoms with Crippen molar-refractivity contribution in [3.05, 3.63) is 47.5 Å². The van der Waals surface area contributed by atoms with E-state index in [2.05, 4.69) is 40.7 Å². The van der Waals surface area contributed by atoms with Gasteiger partial charge in [-0.15, -0.1) is 0 Å². The number of allylic oxidation sites excluding steroid dienone is 1. The molecule has 0 bridgehead atoms. The maximum atomic E-state index is 13.4. The summed E-state index contributed by atoms with van der Waals surface area (Å²) in [5.41, 5.74) is -1.86. The summed E-state index contributed by atoms with van der Waals surface area (Å²) in [6.07, 6.45) is 1.20. The van der Waals surface area contributed by atoms with Gasteiger partial charge in [0.1, 0.15) is 24.4 Å². The Balaban J connectivity index is 1.37. The third-order valence-corrected chi connectivity index (χ3v) is 14.4. The number of rotatable bonds is 7. The summed E-state index contributed by atoms with van der Waals surface area (Å²) in [5.74, 6) is -1.67. The van der Waals surface area contributed by atoms with E-state index in [-0.39, 0.29) is 35.1 Å². The Morgan fingerprint density at radius 3 is 2.12 bits per heavy atom. The minimum Gasteiger partial charge on any atom is -0.462 e. The first kappa shape index (κ1) is 38.0. The molecule has 3 N–H and O–H groups in total. The van der Waals surface area contributed by atoms with Gasteiger partial charge in [-0.05, 0) is 81.3 Å². The van der Waals surface area contributed by atoms with Crippen LogP contribution < -0.4 is 0 Å². The van der Waals surface area contributed by atoms with Gasteiger partial charge in [0.2, 0.25) is 0 Å². The van der Waals surface area contributed by atoms with Crippen molar-refractivity contribution in [1.29, 1.82) is 0 Å². The average Bonchev–Trinajstić information content (AvgIpc) is 3.59. The van der Waals surface area contributed by atoms with Crippen LogP contribution in [0.25, 0.3) is 0 Å². The van der Waals surface area contributed by atoms with Crippen LogP contribution in [0.5, 0.6) is 0 Å². The van der Waals surface area contributed by atoms with Crippen LogP contribution in [0.4, 0.5) is 0 Å². The number of fused-ring (bicyclic) bond motifs is 5. The van der Waals surface area contributed by atoms with Gasteiger partial charge >= 0.3 is 17.9 Å². The monoisotopic (exact) mass is 710 g/mol. The average molecular weight is 711 g/mol. The zero-order valence-corrected chi connectivity index (χ0v) is 31.7. The van der Waals surface area contributed by atoms with Gasteiger partial charge in [-0.3, -0.25) is 9.59 Å². The van der Waals surface area contributed by atoms with E-state index in [1.54, 1.807) is 24.3 Å². The first-order valence-electron chi connectivity index (χ1n) is 18.7. The summed E-state index contributed by atoms with van der Waals surface area (Å²) in [5, 5.41) is 32.6. The molecule has 0 amide bonds. The maximum Gasteiger partial charge on any atom is 0.338 e. The van der Waals surface area contributed by atoms with Crippen LogP contribution >= 0.6 is 0 Å². The summed E-state index contributed by atoms with van der Waals surface area (Å²) >= 11 is 0. The Morgan fingerprint density at radius 1 is 0.882 bits per heavy atom. The molecule has 1 saturated heterocycles. The molecule has 0 aromatic heterocycles. The maximum absolute atomic E-state index is 13.4. The molecular formula is C41H58O10. The zero-order valence-electron chi connectivity index (χ0n) is 31.7. The van der Waals surface area contributed by atoms with E-state index in [1.165, 1.54) is 33.3 Å². The standard InChI is InChI=1S/C41H58O10/c1-22(42)48-32-20-30-37(3,4)31(51-35(45)24-13-11-10-12-14-24)21-33(49-23(2)43)41(30,9)29-17-18-39(7)26(15-16-28(39)40(29,32)8)25-19-27(50-36(25)46)34(44)38(5,6)47/h10-14,16,25-27,29-34,36,44,46-47H,15,17-21H2,1-9H3. The third kappa shape index (κ3) is 6.06. The Morgan fingerprint density at radius 2 is 1.51 bits per heavy atom. The Bertz CT molecular complexity index is 1550. The van der Waals surface area contributed by atoms with Crippen molar-refractivity contribution in [2.24, 2.45) is 45.3 Å². The minimum absolute atomic E-state index is 0.00312. The predicted molar refractivity (Wildman–Crippen MR) is 188 cm³/mol. The molecule has 1 aromatic rings. The number of carbonyl (C=O) groups excluding carboxylic acids is 3. The van der Waals surface area contributed by atoms with Crippen LogP contribution in [0.3, 0.4) is 0 Å². The predicted octanol–water partition coefficient (Wildman–Crippen LogP) is 5.76. The number of hydrogen-bond donors (Lipinski definition) is 3. The molecule has 0 radical (unpaired) electrons. The van der Waals surface area contributed by atoms with Gasteiger partial charge in [0, 0.05) is 42.4 Å².